The van der Waals surface area contributed by atoms with Crippen molar-refractivity contribution in [2.45, 2.75) is 32.1 Å². The van der Waals surface area contributed by atoms with E-state index in [1.54, 1.807) is 0 Å². The maximum Gasteiger partial charge on any atom is 0.309 e. The van der Waals surface area contributed by atoms with Crippen LogP contribution in [-0.4, -0.2) is 37.6 Å². The van der Waals surface area contributed by atoms with Gasteiger partial charge >= 0.3 is 5.97 Å². The molecule has 1 aliphatic carbocycles. The molecule has 1 aliphatic heterocycles. The van der Waals surface area contributed by atoms with E-state index < -0.39 is 0 Å². The van der Waals surface area contributed by atoms with Crippen molar-refractivity contribution in [3.63, 3.8) is 0 Å². The summed E-state index contributed by atoms with van der Waals surface area (Å²) in [5.41, 5.74) is 0.243. The number of rotatable bonds is 4. The predicted octanol–water partition coefficient (Wildman–Crippen LogP) is 1.57. The topological polar surface area (TPSA) is 53.3 Å². The van der Waals surface area contributed by atoms with Gasteiger partial charge in [-0.25, -0.2) is 0 Å². The Balaban J connectivity index is 1.86. The van der Waals surface area contributed by atoms with Crippen LogP contribution in [0, 0.1) is 22.7 Å². The molecule has 0 bridgehead atoms. The smallest absolute Gasteiger partial charge is 0.309 e. The van der Waals surface area contributed by atoms with Crippen LogP contribution in [0.15, 0.2) is 0 Å². The van der Waals surface area contributed by atoms with Gasteiger partial charge in [-0.3, -0.25) is 4.79 Å². The van der Waals surface area contributed by atoms with Gasteiger partial charge in [0.1, 0.15) is 0 Å². The van der Waals surface area contributed by atoms with E-state index >= 15 is 0 Å². The third-order valence-electron chi connectivity index (χ3n) is 4.01. The molecular formula is C13H20N2O2. The number of hydrogen-bond donors (Lipinski definition) is 0. The van der Waals surface area contributed by atoms with E-state index in [0.29, 0.717) is 6.42 Å². The second-order valence-electron chi connectivity index (χ2n) is 5.43. The van der Waals surface area contributed by atoms with Crippen molar-refractivity contribution in [3.8, 4) is 6.07 Å². The van der Waals surface area contributed by atoms with Crippen molar-refractivity contribution < 1.29 is 9.53 Å². The van der Waals surface area contributed by atoms with Crippen molar-refractivity contribution >= 4 is 5.97 Å². The van der Waals surface area contributed by atoms with Crippen LogP contribution in [0.3, 0.4) is 0 Å². The minimum absolute atomic E-state index is 0.0339. The molecule has 2 fully saturated rings. The first-order valence-corrected chi connectivity index (χ1v) is 6.36. The molecule has 0 aromatic heterocycles. The summed E-state index contributed by atoms with van der Waals surface area (Å²) in [5, 5.41) is 8.81. The van der Waals surface area contributed by atoms with Crippen LogP contribution in [0.4, 0.5) is 0 Å². The molecule has 0 aromatic rings. The lowest BCUT2D eigenvalue weighted by Crippen LogP contribution is -2.41. The summed E-state index contributed by atoms with van der Waals surface area (Å²) in [6, 6.07) is 2.29. The van der Waals surface area contributed by atoms with E-state index in [4.69, 9.17) is 10.00 Å². The largest absolute Gasteiger partial charge is 0.469 e. The molecule has 4 heteroatoms. The molecule has 1 saturated heterocycles. The second kappa shape index (κ2) is 5.05. The lowest BCUT2D eigenvalue weighted by Gasteiger charge is -2.33. The van der Waals surface area contributed by atoms with Crippen LogP contribution in [0.1, 0.15) is 32.1 Å². The molecular weight excluding hydrogens is 216 g/mol. The van der Waals surface area contributed by atoms with Gasteiger partial charge in [-0.05, 0) is 37.6 Å². The number of carbonyl (C=O) groups excluding carboxylic acids is 1. The number of nitrogens with zero attached hydrogens (tertiary/aromatic N) is 2. The van der Waals surface area contributed by atoms with Gasteiger partial charge in [0, 0.05) is 19.5 Å². The molecule has 2 rings (SSSR count). The Morgan fingerprint density at radius 3 is 2.94 bits per heavy atom. The number of carbonyl (C=O) groups is 1. The molecule has 0 aromatic carbocycles. The summed E-state index contributed by atoms with van der Waals surface area (Å²) in [6.45, 7) is 2.84. The summed E-state index contributed by atoms with van der Waals surface area (Å²) >= 11 is 0. The van der Waals surface area contributed by atoms with E-state index in [0.717, 1.165) is 32.5 Å². The summed E-state index contributed by atoms with van der Waals surface area (Å²) in [5.74, 6) is -0.0496. The van der Waals surface area contributed by atoms with Gasteiger partial charge in [0.05, 0.1) is 19.1 Å². The standard InChI is InChI=1S/C13H20N2O2/c1-17-12(16)11-3-2-8-15(9-11)10-13(4-5-13)6-7-14/h11H,2-6,8-10H2,1H3/t11-/m0/s1. The van der Waals surface area contributed by atoms with Gasteiger partial charge in [0.2, 0.25) is 0 Å². The number of piperidine rings is 1. The molecule has 0 unspecified atom stereocenters. The van der Waals surface area contributed by atoms with E-state index in [1.165, 1.54) is 20.0 Å². The third-order valence-corrected chi connectivity index (χ3v) is 4.01. The molecule has 1 saturated carbocycles. The van der Waals surface area contributed by atoms with Crippen LogP contribution in [0.5, 0.6) is 0 Å². The number of ether oxygens (including phenoxy) is 1. The quantitative estimate of drug-likeness (QED) is 0.695. The van der Waals surface area contributed by atoms with E-state index in [9.17, 15) is 4.79 Å². The Morgan fingerprint density at radius 2 is 2.35 bits per heavy atom. The van der Waals surface area contributed by atoms with E-state index in [1.807, 2.05) is 0 Å². The number of methoxy groups -OCH3 is 1. The van der Waals surface area contributed by atoms with Crippen LogP contribution < -0.4 is 0 Å². The lowest BCUT2D eigenvalue weighted by atomic mass is 9.95. The van der Waals surface area contributed by atoms with Gasteiger partial charge < -0.3 is 9.64 Å². The Hall–Kier alpha value is -1.08. The van der Waals surface area contributed by atoms with E-state index in [2.05, 4.69) is 11.0 Å². The molecule has 2 aliphatic rings. The number of likely N-dealkylation sites (tertiary alicyclic amines) is 1. The van der Waals surface area contributed by atoms with Crippen LogP contribution in [-0.2, 0) is 9.53 Å². The minimum Gasteiger partial charge on any atom is -0.469 e. The highest BCUT2D eigenvalue weighted by Gasteiger charge is 2.44. The summed E-state index contributed by atoms with van der Waals surface area (Å²) in [7, 11) is 1.46. The first-order chi connectivity index (χ1) is 8.19. The van der Waals surface area contributed by atoms with Crippen LogP contribution >= 0.6 is 0 Å². The minimum atomic E-state index is -0.0835. The Labute approximate surface area is 103 Å². The van der Waals surface area contributed by atoms with Crippen LogP contribution in [0.2, 0.25) is 0 Å². The zero-order valence-electron chi connectivity index (χ0n) is 10.4. The fourth-order valence-corrected chi connectivity index (χ4v) is 2.77. The monoisotopic (exact) mass is 236 g/mol. The molecule has 0 N–H and O–H groups in total. The normalized spacial score (nSPS) is 27.2. The van der Waals surface area contributed by atoms with E-state index in [-0.39, 0.29) is 17.3 Å². The van der Waals surface area contributed by atoms with Crippen molar-refractivity contribution in [2.24, 2.45) is 11.3 Å². The van der Waals surface area contributed by atoms with Crippen LogP contribution in [0.25, 0.3) is 0 Å². The van der Waals surface area contributed by atoms with Gasteiger partial charge in [0.15, 0.2) is 0 Å². The first-order valence-electron chi connectivity index (χ1n) is 6.36. The Morgan fingerprint density at radius 1 is 1.59 bits per heavy atom. The zero-order valence-corrected chi connectivity index (χ0v) is 10.4. The highest BCUT2D eigenvalue weighted by Crippen LogP contribution is 2.49. The average Bonchev–Trinajstić information content (AvgIpc) is 3.08. The maximum atomic E-state index is 11.5. The van der Waals surface area contributed by atoms with Crippen molar-refractivity contribution in [2.75, 3.05) is 26.7 Å². The molecule has 1 heterocycles. The average molecular weight is 236 g/mol. The second-order valence-corrected chi connectivity index (χ2v) is 5.43. The lowest BCUT2D eigenvalue weighted by molar-refractivity contribution is -0.147. The van der Waals surface area contributed by atoms with Gasteiger partial charge in [-0.15, -0.1) is 0 Å². The van der Waals surface area contributed by atoms with Crippen molar-refractivity contribution in [3.05, 3.63) is 0 Å². The van der Waals surface area contributed by atoms with Gasteiger partial charge in [-0.2, -0.15) is 5.26 Å². The number of hydrogen-bond acceptors (Lipinski definition) is 4. The Kier molecular flexibility index (Phi) is 3.68. The number of esters is 1. The summed E-state index contributed by atoms with van der Waals surface area (Å²) in [4.78, 5) is 13.9. The maximum absolute atomic E-state index is 11.5. The zero-order chi connectivity index (χ0) is 12.3. The molecule has 0 amide bonds. The first kappa shape index (κ1) is 12.4. The highest BCUT2D eigenvalue weighted by atomic mass is 16.5. The predicted molar refractivity (Wildman–Crippen MR) is 63.1 cm³/mol. The van der Waals surface area contributed by atoms with Crippen molar-refractivity contribution in [1.29, 1.82) is 5.26 Å². The van der Waals surface area contributed by atoms with Gasteiger partial charge in [0.25, 0.3) is 0 Å². The Bertz CT molecular complexity index is 331. The molecule has 94 valence electrons. The third kappa shape index (κ3) is 2.98. The fourth-order valence-electron chi connectivity index (χ4n) is 2.77. The van der Waals surface area contributed by atoms with Crippen molar-refractivity contribution in [1.82, 2.24) is 4.90 Å². The van der Waals surface area contributed by atoms with Gasteiger partial charge in [-0.1, -0.05) is 0 Å². The fraction of sp³-hybridized carbons (Fsp3) is 0.846. The molecule has 4 nitrogen and oxygen atoms in total. The molecule has 0 spiro atoms. The molecule has 17 heavy (non-hydrogen) atoms. The SMILES string of the molecule is COC(=O)[C@H]1CCCN(CC2(CC#N)CC2)C1. The summed E-state index contributed by atoms with van der Waals surface area (Å²) < 4.78 is 4.81. The molecule has 1 atom stereocenters. The highest BCUT2D eigenvalue weighted by molar-refractivity contribution is 5.72. The number of nitriles is 1. The summed E-state index contributed by atoms with van der Waals surface area (Å²) in [6.07, 6.45) is 4.99. The molecule has 0 radical (unpaired) electrons.